The minimum atomic E-state index is 0.626. The number of hydrogen-bond acceptors (Lipinski definition) is 3. The molecule has 90 valence electrons. The van der Waals surface area contributed by atoms with Crippen molar-refractivity contribution in [2.24, 2.45) is 0 Å². The molecule has 0 saturated heterocycles. The van der Waals surface area contributed by atoms with E-state index in [4.69, 9.17) is 10.5 Å². The maximum absolute atomic E-state index is 5.63. The Hall–Kier alpha value is -1.97. The van der Waals surface area contributed by atoms with Crippen LogP contribution in [0.5, 0.6) is 5.75 Å². The van der Waals surface area contributed by atoms with Crippen LogP contribution in [0.25, 0.3) is 0 Å². The Morgan fingerprint density at radius 1 is 1.24 bits per heavy atom. The zero-order valence-electron chi connectivity index (χ0n) is 10.2. The van der Waals surface area contributed by atoms with Gasteiger partial charge >= 0.3 is 0 Å². The summed E-state index contributed by atoms with van der Waals surface area (Å²) < 4.78 is 7.71. The molecule has 0 aliphatic carbocycles. The highest BCUT2D eigenvalue weighted by Crippen LogP contribution is 2.13. The second-order valence-electron chi connectivity index (χ2n) is 4.03. The lowest BCUT2D eigenvalue weighted by molar-refractivity contribution is 0.297. The molecule has 0 bridgehead atoms. The van der Waals surface area contributed by atoms with Crippen molar-refractivity contribution in [3.05, 3.63) is 42.0 Å². The topological polar surface area (TPSA) is 53.1 Å². The quantitative estimate of drug-likeness (QED) is 0.820. The van der Waals surface area contributed by atoms with Gasteiger partial charge in [0.15, 0.2) is 0 Å². The van der Waals surface area contributed by atoms with E-state index in [0.717, 1.165) is 23.7 Å². The average Bonchev–Trinajstić information content (AvgIpc) is 2.64. The van der Waals surface area contributed by atoms with Gasteiger partial charge in [0.2, 0.25) is 0 Å². The normalized spacial score (nSPS) is 10.5. The smallest absolute Gasteiger partial charge is 0.119 e. The molecular weight excluding hydrogens is 214 g/mol. The van der Waals surface area contributed by atoms with Crippen LogP contribution in [0.15, 0.2) is 30.6 Å². The third kappa shape index (κ3) is 2.78. The van der Waals surface area contributed by atoms with Gasteiger partial charge in [0.25, 0.3) is 0 Å². The van der Waals surface area contributed by atoms with Crippen molar-refractivity contribution in [2.45, 2.75) is 20.4 Å². The number of nitrogens with zero attached hydrogens (tertiary/aromatic N) is 2. The number of anilines is 1. The minimum absolute atomic E-state index is 0.626. The summed E-state index contributed by atoms with van der Waals surface area (Å²) in [7, 11) is 0. The van der Waals surface area contributed by atoms with E-state index in [2.05, 4.69) is 16.5 Å². The first-order valence-electron chi connectivity index (χ1n) is 5.63. The summed E-state index contributed by atoms with van der Waals surface area (Å²) in [5, 5.41) is 0. The van der Waals surface area contributed by atoms with Gasteiger partial charge in [-0.2, -0.15) is 0 Å². The molecule has 0 fully saturated rings. The summed E-state index contributed by atoms with van der Waals surface area (Å²) in [6.07, 6.45) is 1.84. The summed E-state index contributed by atoms with van der Waals surface area (Å²) in [6.45, 7) is 5.50. The maximum atomic E-state index is 5.63. The van der Waals surface area contributed by atoms with E-state index in [1.165, 1.54) is 5.69 Å². The van der Waals surface area contributed by atoms with Crippen LogP contribution in [0.1, 0.15) is 11.4 Å². The first-order chi connectivity index (χ1) is 8.16. The van der Waals surface area contributed by atoms with E-state index in [1.807, 2.05) is 37.5 Å². The molecule has 1 aromatic heterocycles. The van der Waals surface area contributed by atoms with E-state index < -0.39 is 0 Å². The molecule has 0 radical (unpaired) electrons. The van der Waals surface area contributed by atoms with Crippen molar-refractivity contribution in [3.8, 4) is 5.75 Å². The number of aromatic nitrogens is 2. The lowest BCUT2D eigenvalue weighted by atomic mass is 10.3. The standard InChI is InChI=1S/C13H17N3O/c1-10-11(2)16(9-15-10)7-8-17-13-5-3-12(14)4-6-13/h3-6,9H,7-8,14H2,1-2H3. The Kier molecular flexibility index (Phi) is 3.32. The first kappa shape index (κ1) is 11.5. The Morgan fingerprint density at radius 3 is 2.53 bits per heavy atom. The average molecular weight is 231 g/mol. The molecule has 0 atom stereocenters. The predicted molar refractivity (Wildman–Crippen MR) is 68.1 cm³/mol. The third-order valence-corrected chi connectivity index (χ3v) is 2.83. The van der Waals surface area contributed by atoms with Gasteiger partial charge in [-0.1, -0.05) is 0 Å². The fourth-order valence-electron chi connectivity index (χ4n) is 1.60. The number of nitrogens with two attached hydrogens (primary N) is 1. The maximum Gasteiger partial charge on any atom is 0.119 e. The van der Waals surface area contributed by atoms with E-state index >= 15 is 0 Å². The van der Waals surface area contributed by atoms with Crippen LogP contribution in [0.2, 0.25) is 0 Å². The molecule has 4 heteroatoms. The molecule has 2 aromatic rings. The van der Waals surface area contributed by atoms with Crippen LogP contribution in [-0.4, -0.2) is 16.2 Å². The minimum Gasteiger partial charge on any atom is -0.492 e. The molecule has 0 spiro atoms. The van der Waals surface area contributed by atoms with Gasteiger partial charge in [-0.3, -0.25) is 0 Å². The van der Waals surface area contributed by atoms with E-state index in [1.54, 1.807) is 0 Å². The van der Waals surface area contributed by atoms with E-state index in [9.17, 15) is 0 Å². The van der Waals surface area contributed by atoms with Gasteiger partial charge in [0, 0.05) is 11.4 Å². The highest BCUT2D eigenvalue weighted by Gasteiger charge is 2.01. The molecule has 0 saturated carbocycles. The molecule has 0 amide bonds. The van der Waals surface area contributed by atoms with Crippen molar-refractivity contribution >= 4 is 5.69 Å². The molecule has 0 unspecified atom stereocenters. The number of aryl methyl sites for hydroxylation is 1. The number of benzene rings is 1. The molecule has 2 N–H and O–H groups in total. The molecule has 4 nitrogen and oxygen atoms in total. The van der Waals surface area contributed by atoms with Crippen LogP contribution in [0.4, 0.5) is 5.69 Å². The number of ether oxygens (including phenoxy) is 1. The van der Waals surface area contributed by atoms with Crippen molar-refractivity contribution in [2.75, 3.05) is 12.3 Å². The molecule has 2 rings (SSSR count). The summed E-state index contributed by atoms with van der Waals surface area (Å²) in [6, 6.07) is 7.42. The zero-order valence-corrected chi connectivity index (χ0v) is 10.2. The van der Waals surface area contributed by atoms with Crippen LogP contribution < -0.4 is 10.5 Å². The van der Waals surface area contributed by atoms with Crippen LogP contribution >= 0.6 is 0 Å². The van der Waals surface area contributed by atoms with Crippen LogP contribution in [-0.2, 0) is 6.54 Å². The van der Waals surface area contributed by atoms with Crippen molar-refractivity contribution < 1.29 is 4.74 Å². The van der Waals surface area contributed by atoms with Gasteiger partial charge in [0.05, 0.1) is 18.6 Å². The number of nitrogen functional groups attached to an aromatic ring is 1. The Labute approximate surface area is 101 Å². The number of rotatable bonds is 4. The fourth-order valence-corrected chi connectivity index (χ4v) is 1.60. The molecular formula is C13H17N3O. The summed E-state index contributed by atoms with van der Waals surface area (Å²) in [4.78, 5) is 4.24. The lowest BCUT2D eigenvalue weighted by Gasteiger charge is -2.08. The van der Waals surface area contributed by atoms with Crippen LogP contribution in [0, 0.1) is 13.8 Å². The van der Waals surface area contributed by atoms with Gasteiger partial charge in [-0.05, 0) is 38.1 Å². The second-order valence-corrected chi connectivity index (χ2v) is 4.03. The van der Waals surface area contributed by atoms with Crippen LogP contribution in [0.3, 0.4) is 0 Å². The molecule has 17 heavy (non-hydrogen) atoms. The zero-order chi connectivity index (χ0) is 12.3. The number of hydrogen-bond donors (Lipinski definition) is 1. The largest absolute Gasteiger partial charge is 0.492 e. The number of imidazole rings is 1. The predicted octanol–water partition coefficient (Wildman–Crippen LogP) is 2.16. The van der Waals surface area contributed by atoms with E-state index in [0.29, 0.717) is 6.61 Å². The van der Waals surface area contributed by atoms with Crippen molar-refractivity contribution in [3.63, 3.8) is 0 Å². The SMILES string of the molecule is Cc1ncn(CCOc2ccc(N)cc2)c1C. The fraction of sp³-hybridized carbons (Fsp3) is 0.308. The highest BCUT2D eigenvalue weighted by molar-refractivity contribution is 5.41. The monoisotopic (exact) mass is 231 g/mol. The van der Waals surface area contributed by atoms with Gasteiger partial charge in [-0.15, -0.1) is 0 Å². The molecule has 0 aliphatic heterocycles. The summed E-state index contributed by atoms with van der Waals surface area (Å²) >= 11 is 0. The summed E-state index contributed by atoms with van der Waals surface area (Å²) in [5.74, 6) is 0.841. The van der Waals surface area contributed by atoms with E-state index in [-0.39, 0.29) is 0 Å². The molecule has 1 aromatic carbocycles. The Bertz CT molecular complexity index is 488. The molecule has 0 aliphatic rings. The first-order valence-corrected chi connectivity index (χ1v) is 5.63. The highest BCUT2D eigenvalue weighted by atomic mass is 16.5. The van der Waals surface area contributed by atoms with Gasteiger partial charge in [0.1, 0.15) is 12.4 Å². The van der Waals surface area contributed by atoms with Crippen molar-refractivity contribution in [1.82, 2.24) is 9.55 Å². The van der Waals surface area contributed by atoms with Gasteiger partial charge < -0.3 is 15.0 Å². The Balaban J connectivity index is 1.87. The lowest BCUT2D eigenvalue weighted by Crippen LogP contribution is -2.08. The third-order valence-electron chi connectivity index (χ3n) is 2.83. The molecule has 1 heterocycles. The summed E-state index contributed by atoms with van der Waals surface area (Å²) in [5.41, 5.74) is 8.60. The second kappa shape index (κ2) is 4.91. The Morgan fingerprint density at radius 2 is 1.94 bits per heavy atom. The van der Waals surface area contributed by atoms with Crippen molar-refractivity contribution in [1.29, 1.82) is 0 Å². The van der Waals surface area contributed by atoms with Gasteiger partial charge in [-0.25, -0.2) is 4.98 Å².